The second-order valence-corrected chi connectivity index (χ2v) is 8.44. The number of methoxy groups -OCH3 is 1. The second kappa shape index (κ2) is 9.26. The number of pyridine rings is 1. The van der Waals surface area contributed by atoms with Crippen LogP contribution in [-0.4, -0.2) is 60.0 Å². The van der Waals surface area contributed by atoms with Crippen LogP contribution in [0.15, 0.2) is 47.2 Å². The van der Waals surface area contributed by atoms with Crippen molar-refractivity contribution in [2.24, 2.45) is 0 Å². The van der Waals surface area contributed by atoms with E-state index < -0.39 is 0 Å². The van der Waals surface area contributed by atoms with Crippen molar-refractivity contribution in [2.75, 3.05) is 40.0 Å². The standard InChI is InChI=1S/C24H28N4O4/c1-29-13-8-24(23-26-22(32-27-23)19-4-9-25-10-5-19)6-11-28(12-7-24)17-18-2-3-20-21(16-18)31-15-14-30-20/h2-5,9-10,16H,6-8,11-15,17H2,1H3. The minimum absolute atomic E-state index is 0.145. The fraction of sp³-hybridized carbons (Fsp3) is 0.458. The van der Waals surface area contributed by atoms with E-state index in [4.69, 9.17) is 23.7 Å². The Morgan fingerprint density at radius 1 is 1.03 bits per heavy atom. The van der Waals surface area contributed by atoms with Crippen molar-refractivity contribution >= 4 is 0 Å². The predicted octanol–water partition coefficient (Wildman–Crippen LogP) is 3.47. The minimum Gasteiger partial charge on any atom is -0.486 e. The second-order valence-electron chi connectivity index (χ2n) is 8.44. The van der Waals surface area contributed by atoms with Crippen molar-refractivity contribution in [3.8, 4) is 23.0 Å². The smallest absolute Gasteiger partial charge is 0.258 e. The van der Waals surface area contributed by atoms with Gasteiger partial charge in [-0.1, -0.05) is 11.2 Å². The van der Waals surface area contributed by atoms with Crippen LogP contribution in [0.2, 0.25) is 0 Å². The molecule has 0 bridgehead atoms. The Labute approximate surface area is 187 Å². The fourth-order valence-electron chi connectivity index (χ4n) is 4.52. The first-order valence-electron chi connectivity index (χ1n) is 11.1. The van der Waals surface area contributed by atoms with E-state index in [2.05, 4.69) is 27.2 Å². The summed E-state index contributed by atoms with van der Waals surface area (Å²) in [6, 6.07) is 10.0. The zero-order chi connectivity index (χ0) is 21.8. The molecule has 5 rings (SSSR count). The average molecular weight is 437 g/mol. The molecule has 0 N–H and O–H groups in total. The summed E-state index contributed by atoms with van der Waals surface area (Å²) in [5.74, 6) is 2.99. The number of piperidine rings is 1. The van der Waals surface area contributed by atoms with E-state index in [0.717, 1.165) is 61.8 Å². The summed E-state index contributed by atoms with van der Waals surface area (Å²) in [5, 5.41) is 4.39. The van der Waals surface area contributed by atoms with Gasteiger partial charge in [0.05, 0.1) is 0 Å². The molecule has 1 fully saturated rings. The number of likely N-dealkylation sites (tertiary alicyclic amines) is 1. The van der Waals surface area contributed by atoms with Crippen LogP contribution >= 0.6 is 0 Å². The van der Waals surface area contributed by atoms with Crippen molar-refractivity contribution in [3.05, 3.63) is 54.1 Å². The van der Waals surface area contributed by atoms with Gasteiger partial charge in [0, 0.05) is 43.6 Å². The van der Waals surface area contributed by atoms with Crippen LogP contribution in [0.3, 0.4) is 0 Å². The molecule has 168 valence electrons. The Balaban J connectivity index is 1.29. The first kappa shape index (κ1) is 20.9. The number of hydrogen-bond donors (Lipinski definition) is 0. The zero-order valence-electron chi connectivity index (χ0n) is 18.3. The van der Waals surface area contributed by atoms with Gasteiger partial charge in [0.15, 0.2) is 17.3 Å². The lowest BCUT2D eigenvalue weighted by Crippen LogP contribution is -2.43. The summed E-state index contributed by atoms with van der Waals surface area (Å²) in [6.45, 7) is 4.68. The Bertz CT molecular complexity index is 1030. The van der Waals surface area contributed by atoms with Gasteiger partial charge >= 0.3 is 0 Å². The number of ether oxygens (including phenoxy) is 3. The Kier molecular flexibility index (Phi) is 6.05. The lowest BCUT2D eigenvalue weighted by atomic mass is 9.75. The SMILES string of the molecule is COCCC1(c2noc(-c3ccncc3)n2)CCN(Cc2ccc3c(c2)OCCO3)CC1. The molecule has 0 saturated carbocycles. The van der Waals surface area contributed by atoms with Crippen molar-refractivity contribution in [1.82, 2.24) is 20.0 Å². The van der Waals surface area contributed by atoms with E-state index in [9.17, 15) is 0 Å². The molecule has 3 aromatic rings. The average Bonchev–Trinajstić information content (AvgIpc) is 3.35. The normalized spacial score (nSPS) is 17.9. The zero-order valence-corrected chi connectivity index (χ0v) is 18.3. The maximum Gasteiger partial charge on any atom is 0.258 e. The van der Waals surface area contributed by atoms with Gasteiger partial charge in [-0.2, -0.15) is 4.98 Å². The number of nitrogens with zero attached hydrogens (tertiary/aromatic N) is 4. The number of aromatic nitrogens is 3. The van der Waals surface area contributed by atoms with E-state index >= 15 is 0 Å². The summed E-state index contributed by atoms with van der Waals surface area (Å²) in [7, 11) is 1.74. The molecule has 8 heteroatoms. The molecule has 0 unspecified atom stereocenters. The van der Waals surface area contributed by atoms with Crippen LogP contribution in [0, 0.1) is 0 Å². The molecular weight excluding hydrogens is 408 g/mol. The molecule has 0 aliphatic carbocycles. The van der Waals surface area contributed by atoms with Gasteiger partial charge in [0.2, 0.25) is 0 Å². The highest BCUT2D eigenvalue weighted by Gasteiger charge is 2.40. The van der Waals surface area contributed by atoms with Gasteiger partial charge in [-0.15, -0.1) is 0 Å². The first-order chi connectivity index (χ1) is 15.8. The summed E-state index contributed by atoms with van der Waals surface area (Å²) in [5.41, 5.74) is 1.98. The summed E-state index contributed by atoms with van der Waals surface area (Å²) in [4.78, 5) is 11.3. The molecule has 4 heterocycles. The number of rotatable bonds is 7. The maximum atomic E-state index is 5.74. The van der Waals surface area contributed by atoms with Gasteiger partial charge in [-0.05, 0) is 62.2 Å². The molecule has 8 nitrogen and oxygen atoms in total. The molecule has 1 saturated heterocycles. The molecule has 0 radical (unpaired) electrons. The summed E-state index contributed by atoms with van der Waals surface area (Å²) < 4.78 is 22.4. The Hall–Kier alpha value is -2.97. The molecule has 2 aliphatic rings. The van der Waals surface area contributed by atoms with E-state index in [0.29, 0.717) is 25.7 Å². The first-order valence-corrected chi connectivity index (χ1v) is 11.1. The number of fused-ring (bicyclic) bond motifs is 1. The lowest BCUT2D eigenvalue weighted by molar-refractivity contribution is 0.103. The number of hydrogen-bond acceptors (Lipinski definition) is 8. The fourth-order valence-corrected chi connectivity index (χ4v) is 4.52. The van der Waals surface area contributed by atoms with Crippen LogP contribution in [0.1, 0.15) is 30.7 Å². The largest absolute Gasteiger partial charge is 0.486 e. The van der Waals surface area contributed by atoms with E-state index in [1.165, 1.54) is 5.56 Å². The quantitative estimate of drug-likeness (QED) is 0.557. The summed E-state index contributed by atoms with van der Waals surface area (Å²) in [6.07, 6.45) is 6.25. The molecule has 0 amide bonds. The third-order valence-corrected chi connectivity index (χ3v) is 6.44. The maximum absolute atomic E-state index is 5.74. The molecule has 0 spiro atoms. The van der Waals surface area contributed by atoms with E-state index in [1.54, 1.807) is 19.5 Å². The topological polar surface area (TPSA) is 82.7 Å². The van der Waals surface area contributed by atoms with E-state index in [1.807, 2.05) is 18.2 Å². The summed E-state index contributed by atoms with van der Waals surface area (Å²) >= 11 is 0. The predicted molar refractivity (Wildman–Crippen MR) is 118 cm³/mol. The van der Waals surface area contributed by atoms with Gasteiger partial charge in [0.25, 0.3) is 5.89 Å². The van der Waals surface area contributed by atoms with Gasteiger partial charge in [-0.3, -0.25) is 9.88 Å². The third kappa shape index (κ3) is 4.33. The van der Waals surface area contributed by atoms with Crippen LogP contribution in [0.25, 0.3) is 11.5 Å². The Morgan fingerprint density at radius 2 is 1.81 bits per heavy atom. The van der Waals surface area contributed by atoms with Crippen LogP contribution in [0.4, 0.5) is 0 Å². The van der Waals surface area contributed by atoms with Crippen molar-refractivity contribution < 1.29 is 18.7 Å². The van der Waals surface area contributed by atoms with Crippen LogP contribution in [-0.2, 0) is 16.7 Å². The highest BCUT2D eigenvalue weighted by Crippen LogP contribution is 2.39. The molecule has 2 aromatic heterocycles. The van der Waals surface area contributed by atoms with Crippen LogP contribution < -0.4 is 9.47 Å². The van der Waals surface area contributed by atoms with Gasteiger partial charge < -0.3 is 18.7 Å². The Morgan fingerprint density at radius 3 is 2.59 bits per heavy atom. The molecule has 32 heavy (non-hydrogen) atoms. The monoisotopic (exact) mass is 436 g/mol. The minimum atomic E-state index is -0.145. The van der Waals surface area contributed by atoms with Crippen LogP contribution in [0.5, 0.6) is 11.5 Å². The lowest BCUT2D eigenvalue weighted by Gasteiger charge is -2.40. The third-order valence-electron chi connectivity index (χ3n) is 6.44. The molecular formula is C24H28N4O4. The highest BCUT2D eigenvalue weighted by atomic mass is 16.6. The van der Waals surface area contributed by atoms with Crippen molar-refractivity contribution in [2.45, 2.75) is 31.2 Å². The van der Waals surface area contributed by atoms with Crippen molar-refractivity contribution in [3.63, 3.8) is 0 Å². The number of benzene rings is 1. The van der Waals surface area contributed by atoms with E-state index in [-0.39, 0.29) is 5.41 Å². The molecule has 0 atom stereocenters. The highest BCUT2D eigenvalue weighted by molar-refractivity contribution is 5.51. The van der Waals surface area contributed by atoms with Gasteiger partial charge in [0.1, 0.15) is 13.2 Å². The van der Waals surface area contributed by atoms with Crippen molar-refractivity contribution in [1.29, 1.82) is 0 Å². The molecule has 1 aromatic carbocycles. The van der Waals surface area contributed by atoms with Gasteiger partial charge in [-0.25, -0.2) is 0 Å². The molecule has 2 aliphatic heterocycles.